The fourth-order valence-corrected chi connectivity index (χ4v) is 11.6. The number of carboxylic acids is 1. The van der Waals surface area contributed by atoms with Crippen molar-refractivity contribution in [2.24, 2.45) is 0 Å². The molecule has 35 heteroatoms. The Bertz CT molecular complexity index is 5470. The number of hydrogen-bond acceptors (Lipinski definition) is 12. The summed E-state index contributed by atoms with van der Waals surface area (Å²) in [4.78, 5) is 64.1. The van der Waals surface area contributed by atoms with Crippen molar-refractivity contribution in [1.29, 1.82) is 0 Å². The smallest absolute Gasteiger partial charge is 0.870 e. The summed E-state index contributed by atoms with van der Waals surface area (Å²) < 4.78 is 229. The first-order valence-corrected chi connectivity index (χ1v) is 35.0. The van der Waals surface area contributed by atoms with Crippen LogP contribution in [0.5, 0.6) is 0 Å². The number of carbonyl (C=O) groups is 4. The molecule has 0 saturated carbocycles. The van der Waals surface area contributed by atoms with Crippen molar-refractivity contribution < 1.29 is 135 Å². The van der Waals surface area contributed by atoms with Gasteiger partial charge in [-0.15, -0.1) is 6.42 Å². The molecule has 4 heterocycles. The van der Waals surface area contributed by atoms with Gasteiger partial charge in [-0.05, 0) is 184 Å². The fourth-order valence-electron chi connectivity index (χ4n) is 10.9. The predicted octanol–water partition coefficient (Wildman–Crippen LogP) is 19.2. The Labute approximate surface area is 713 Å². The number of esters is 3. The molecule has 0 fully saturated rings. The number of aromatic carboxylic acids is 1. The van der Waals surface area contributed by atoms with Crippen molar-refractivity contribution in [2.75, 3.05) is 19.8 Å². The van der Waals surface area contributed by atoms with E-state index in [9.17, 15) is 94.5 Å². The third-order valence-corrected chi connectivity index (χ3v) is 16.7. The monoisotopic (exact) mass is 1810 g/mol. The first-order chi connectivity index (χ1) is 54.6. The summed E-state index contributed by atoms with van der Waals surface area (Å²) in [6, 6.07) is 41.9. The number of imidazole rings is 4. The van der Waals surface area contributed by atoms with Gasteiger partial charge in [-0.1, -0.05) is 102 Å². The van der Waals surface area contributed by atoms with E-state index in [1.807, 2.05) is 28.5 Å². The normalized spacial score (nSPS) is 10.6. The number of carboxylic acid groups (broad SMARTS) is 1. The molecule has 17 nitrogen and oxygen atoms in total. The summed E-state index contributed by atoms with van der Waals surface area (Å²) in [5, 5.41) is 9.35. The van der Waals surface area contributed by atoms with Gasteiger partial charge in [0.2, 0.25) is 0 Å². The third-order valence-electron chi connectivity index (χ3n) is 16.0. The largest absolute Gasteiger partial charge is 1.00 e. The number of aromatic nitrogens is 8. The summed E-state index contributed by atoms with van der Waals surface area (Å²) in [7, 11) is 0. The maximum atomic E-state index is 13.3. The molecule has 0 amide bonds. The molecule has 12 rings (SSSR count). The molecule has 0 radical (unpaired) electrons. The van der Waals surface area contributed by atoms with Crippen LogP contribution in [0.1, 0.15) is 156 Å². The Morgan fingerprint density at radius 2 is 0.686 bits per heavy atom. The Morgan fingerprint density at radius 1 is 0.397 bits per heavy atom. The molecule has 0 spiro atoms. The fraction of sp³-hybridized carbons (Fsp3) is 0.209. The number of ether oxygens (including phenoxy) is 3. The van der Waals surface area contributed by atoms with Crippen LogP contribution in [0.15, 0.2) is 219 Å². The van der Waals surface area contributed by atoms with E-state index in [1.54, 1.807) is 43.5 Å². The van der Waals surface area contributed by atoms with E-state index >= 15 is 0 Å². The minimum Gasteiger partial charge on any atom is -0.870 e. The molecular formula is C86H80F16ILiN8O9. The topological polar surface area (TPSA) is 217 Å². The zero-order valence-corrected chi connectivity index (χ0v) is 63.7. The molecule has 12 aromatic rings. The Morgan fingerprint density at radius 3 is 1.04 bits per heavy atom. The van der Waals surface area contributed by atoms with Crippen molar-refractivity contribution in [3.05, 3.63) is 331 Å². The molecule has 0 saturated heterocycles. The number of terminal acetylenes is 1. The average molecular weight is 1810 g/mol. The van der Waals surface area contributed by atoms with Gasteiger partial charge in [0.25, 0.3) is 0 Å². The molecule has 0 bridgehead atoms. The molecule has 121 heavy (non-hydrogen) atoms. The zero-order valence-electron chi connectivity index (χ0n) is 61.6. The quantitative estimate of drug-likeness (QED) is 0.0224. The van der Waals surface area contributed by atoms with E-state index in [0.29, 0.717) is 44.7 Å². The minimum absolute atomic E-state index is 0. The van der Waals surface area contributed by atoms with Crippen molar-refractivity contribution in [3.63, 3.8) is 0 Å². The first kappa shape index (κ1) is 105. The molecule has 8 aromatic carbocycles. The number of halogens is 17. The molecule has 0 unspecified atom stereocenters. The van der Waals surface area contributed by atoms with Crippen LogP contribution in [0.2, 0.25) is 0 Å². The second-order valence-corrected chi connectivity index (χ2v) is 24.5. The molecule has 0 aliphatic rings. The van der Waals surface area contributed by atoms with E-state index in [1.165, 1.54) is 184 Å². The number of benzene rings is 8. The summed E-state index contributed by atoms with van der Waals surface area (Å²) in [6.07, 6.45) is -7.54. The number of alkyl halides is 12. The second kappa shape index (κ2) is 47.5. The van der Waals surface area contributed by atoms with Gasteiger partial charge in [0.15, 0.2) is 32.4 Å². The van der Waals surface area contributed by atoms with E-state index in [2.05, 4.69) is 31.8 Å². The summed E-state index contributed by atoms with van der Waals surface area (Å²) in [6.45, 7) is 5.59. The number of aryl methyl sites for hydroxylation is 4. The van der Waals surface area contributed by atoms with E-state index in [-0.39, 0.29) is 151 Å². The van der Waals surface area contributed by atoms with Crippen LogP contribution in [0, 0.1) is 51.3 Å². The molecule has 4 aromatic heterocycles. The van der Waals surface area contributed by atoms with E-state index < -0.39 is 88.3 Å². The van der Waals surface area contributed by atoms with Crippen LogP contribution in [0.3, 0.4) is 0 Å². The van der Waals surface area contributed by atoms with Gasteiger partial charge >= 0.3 is 67.4 Å². The summed E-state index contributed by atoms with van der Waals surface area (Å²) >= 11 is 2.01. The van der Waals surface area contributed by atoms with Crippen molar-refractivity contribution >= 4 is 46.5 Å². The predicted molar refractivity (Wildman–Crippen MR) is 427 cm³/mol. The van der Waals surface area contributed by atoms with Crippen LogP contribution in [-0.2, 0) is 64.6 Å². The second-order valence-electron chi connectivity index (χ2n) is 23.5. The molecular weight excluding hydrogens is 1730 g/mol. The Hall–Kier alpha value is -12.2. The molecule has 0 atom stereocenters. The maximum Gasteiger partial charge on any atom is 1.00 e. The SMILES string of the molecule is C.C.C.C.C#Cc1ccccc1C(F)(F)F.CCOC(=O)c1cnc(C#Cc2ccccc2C(F)(F)F)n1-c1ccc(F)cc1.CCOC(=O)c1cnc(CCc2ccccc2C(F)(F)F)n1-c1ccc(F)cc1.CCOC(=O)c1cnc(I)n1-c1ccc(F)cc1.O=C(O)c1cnc(CCc2ccccc2C(F)(F)F)n1-c1ccc(F)cc1.[HH].[Li+].[OH-]. The van der Waals surface area contributed by atoms with Gasteiger partial charge in [-0.2, -0.15) is 52.7 Å². The number of carbonyl (C=O) groups excluding carboxylic acids is 3. The van der Waals surface area contributed by atoms with Crippen LogP contribution < -0.4 is 18.9 Å². The number of nitrogens with zero attached hydrogens (tertiary/aromatic N) is 8. The molecule has 2 N–H and O–H groups in total. The van der Waals surface area contributed by atoms with E-state index in [4.69, 9.17) is 20.6 Å². The molecule has 0 aliphatic carbocycles. The Balaban J connectivity index is 0.000000771. The number of hydrogen-bond donors (Lipinski definition) is 1. The van der Waals surface area contributed by atoms with Crippen molar-refractivity contribution in [1.82, 2.24) is 38.2 Å². The van der Waals surface area contributed by atoms with Gasteiger partial charge in [0, 0.05) is 70.7 Å². The van der Waals surface area contributed by atoms with Crippen molar-refractivity contribution in [2.45, 2.75) is 101 Å². The summed E-state index contributed by atoms with van der Waals surface area (Å²) in [5.41, 5.74) is -1.02. The van der Waals surface area contributed by atoms with Gasteiger partial charge in [-0.25, -0.2) is 56.7 Å². The van der Waals surface area contributed by atoms with E-state index in [0.717, 1.165) is 30.5 Å². The van der Waals surface area contributed by atoms with Gasteiger partial charge in [0.05, 0.1) is 66.9 Å². The standard InChI is InChI=1S/C21H18F4N2O2.C21H14F4N2O2.C19H14F4N2O2.C12H10FIN2O2.C9H5F3.4CH4.Li.H2O.H2/c2*1-2-29-20(28)18-13-26-19(27(18)16-10-8-15(22)9-11-16)12-7-14-5-3-4-6-17(14)21(23,24)25;20-13-6-8-14(9-7-13)25-16(18(26)27)11-24-17(25)10-5-12-3-1-2-4-15(12)19(21,22)23;1-2-18-11(17)10-7-15-12(14)16(10)9-5-3-8(13)4-6-9;1-2-7-5-3-4-6-8(7)9(10,11)12;;;;;;;/h3-6,8-11,13H,2,7,12H2,1H3;3-6,8-11,13H,2H2,1H3;1-4,6-9,11H,5,10H2,(H,26,27);3-7H,2H2,1H3;1,3-6H;4*1H4;;1H2;1H/q;;;;;;;;;+1;;/p-1. The molecule has 0 aliphatic heterocycles. The van der Waals surface area contributed by atoms with Gasteiger partial charge in [-0.3, -0.25) is 18.3 Å². The average Bonchev–Trinajstić information content (AvgIpc) is 1.61. The number of rotatable bonds is 17. The van der Waals surface area contributed by atoms with Gasteiger partial charge < -0.3 is 24.8 Å². The van der Waals surface area contributed by atoms with Crippen LogP contribution in [0.4, 0.5) is 70.2 Å². The van der Waals surface area contributed by atoms with Crippen LogP contribution >= 0.6 is 22.6 Å². The Kier molecular flexibility index (Phi) is 41.2. The zero-order chi connectivity index (χ0) is 84.0. The molecule has 638 valence electrons. The first-order valence-electron chi connectivity index (χ1n) is 33.9. The minimum atomic E-state index is -4.56. The maximum absolute atomic E-state index is 13.3. The third kappa shape index (κ3) is 28.5. The summed E-state index contributed by atoms with van der Waals surface area (Å²) in [5.74, 6) is 2.92. The van der Waals surface area contributed by atoms with Crippen LogP contribution in [-0.4, -0.2) is 92.5 Å². The van der Waals surface area contributed by atoms with Gasteiger partial charge in [0.1, 0.15) is 34.9 Å². The van der Waals surface area contributed by atoms with Crippen LogP contribution in [0.25, 0.3) is 22.7 Å². The van der Waals surface area contributed by atoms with Crippen molar-refractivity contribution in [3.8, 4) is 46.9 Å².